The van der Waals surface area contributed by atoms with Gasteiger partial charge in [0.25, 0.3) is 0 Å². The molecule has 1 unspecified atom stereocenters. The lowest BCUT2D eigenvalue weighted by atomic mass is 9.85. The summed E-state index contributed by atoms with van der Waals surface area (Å²) in [6, 6.07) is 6.67. The van der Waals surface area contributed by atoms with Gasteiger partial charge in [-0.2, -0.15) is 0 Å². The summed E-state index contributed by atoms with van der Waals surface area (Å²) in [5, 5.41) is 5.93. The van der Waals surface area contributed by atoms with Crippen molar-refractivity contribution in [3.63, 3.8) is 0 Å². The van der Waals surface area contributed by atoms with E-state index in [9.17, 15) is 19.2 Å². The van der Waals surface area contributed by atoms with E-state index in [1.165, 1.54) is 0 Å². The number of nitrogens with zero attached hydrogens (tertiary/aromatic N) is 4. The number of rotatable bonds is 22. The van der Waals surface area contributed by atoms with Gasteiger partial charge in [-0.05, 0) is 42.9 Å². The molecule has 2 fully saturated rings. The Morgan fingerprint density at radius 3 is 2.02 bits per heavy atom. The number of piperazine rings is 1. The molecule has 1 aromatic carbocycles. The van der Waals surface area contributed by atoms with Crippen LogP contribution in [-0.2, 0) is 44.7 Å². The van der Waals surface area contributed by atoms with Crippen LogP contribution in [0, 0.1) is 12.3 Å². The van der Waals surface area contributed by atoms with Crippen LogP contribution in [0.3, 0.4) is 0 Å². The number of thiazole rings is 1. The molecule has 306 valence electrons. The van der Waals surface area contributed by atoms with Gasteiger partial charge in [0.1, 0.15) is 12.1 Å². The molecule has 0 bridgehead atoms. The predicted octanol–water partition coefficient (Wildman–Crippen LogP) is 3.27. The van der Waals surface area contributed by atoms with Gasteiger partial charge in [-0.25, -0.2) is 4.98 Å². The summed E-state index contributed by atoms with van der Waals surface area (Å²) in [6.07, 6.45) is 1.77. The largest absolute Gasteiger partial charge is 0.379 e. The molecular formula is C40H62N6O8S. The maximum absolute atomic E-state index is 13.8. The molecule has 0 radical (unpaired) electrons. The number of carbonyl (C=O) groups excluding carboxylic acids is 4. The molecule has 2 aromatic rings. The number of nitrogens with one attached hydrogen (secondary N) is 2. The van der Waals surface area contributed by atoms with Gasteiger partial charge in [-0.15, -0.1) is 11.3 Å². The Bertz CT molecular complexity index is 1490. The fourth-order valence-electron chi connectivity index (χ4n) is 6.57. The minimum Gasteiger partial charge on any atom is -0.379 e. The highest BCUT2D eigenvalue weighted by Crippen LogP contribution is 2.28. The van der Waals surface area contributed by atoms with Gasteiger partial charge in [0.05, 0.1) is 75.4 Å². The lowest BCUT2D eigenvalue weighted by Gasteiger charge is -2.35. The van der Waals surface area contributed by atoms with Crippen LogP contribution in [0.15, 0.2) is 29.8 Å². The third-order valence-electron chi connectivity index (χ3n) is 9.91. The van der Waals surface area contributed by atoms with E-state index in [0.717, 1.165) is 60.8 Å². The molecule has 2 aliphatic heterocycles. The lowest BCUT2D eigenvalue weighted by Crippen LogP contribution is -2.57. The normalized spacial score (nSPS) is 17.0. The van der Waals surface area contributed by atoms with Crippen molar-refractivity contribution in [2.24, 2.45) is 5.41 Å². The monoisotopic (exact) mass is 786 g/mol. The molecule has 4 amide bonds. The van der Waals surface area contributed by atoms with E-state index in [1.54, 1.807) is 16.2 Å². The van der Waals surface area contributed by atoms with Crippen LogP contribution in [0.1, 0.15) is 64.6 Å². The van der Waals surface area contributed by atoms with E-state index >= 15 is 0 Å². The van der Waals surface area contributed by atoms with E-state index in [2.05, 4.69) is 27.4 Å². The Kier molecular flexibility index (Phi) is 18.4. The first kappa shape index (κ1) is 44.2. The smallest absolute Gasteiger partial charge is 0.246 e. The van der Waals surface area contributed by atoms with Crippen LogP contribution < -0.4 is 10.6 Å². The molecule has 0 aliphatic carbocycles. The molecule has 4 rings (SSSR count). The first-order chi connectivity index (χ1) is 26.5. The minimum atomic E-state index is -0.792. The number of aromatic nitrogens is 1. The van der Waals surface area contributed by atoms with Gasteiger partial charge < -0.3 is 44.3 Å². The molecule has 0 saturated carbocycles. The van der Waals surface area contributed by atoms with Crippen molar-refractivity contribution < 1.29 is 38.1 Å². The number of hydrogen-bond donors (Lipinski definition) is 2. The molecule has 2 N–H and O–H groups in total. The fraction of sp³-hybridized carbons (Fsp3) is 0.675. The van der Waals surface area contributed by atoms with E-state index in [1.807, 2.05) is 62.4 Å². The summed E-state index contributed by atoms with van der Waals surface area (Å²) < 4.78 is 22.2. The van der Waals surface area contributed by atoms with Crippen molar-refractivity contribution in [3.8, 4) is 10.4 Å². The number of benzene rings is 1. The Morgan fingerprint density at radius 1 is 0.855 bits per heavy atom. The summed E-state index contributed by atoms with van der Waals surface area (Å²) in [7, 11) is 0. The standard InChI is InChI=1S/C40H62N6O8S/c1-6-44-16-18-45(19-17-44)35(48)14-21-52-23-25-54-27-26-53-24-22-51-20-13-34(47)43-37(40(3,4)5)39(50)46-15-7-8-33(46)38(49)41-28-31-9-11-32(12-10-31)36-30(2)42-29-55-36/h9-12,29,33,37H,6-8,13-28H2,1-5H3,(H,41,49)(H,43,47)/t33-,37?/m0/s1. The van der Waals surface area contributed by atoms with Crippen LogP contribution in [-0.4, -0.2) is 148 Å². The van der Waals surface area contributed by atoms with Crippen molar-refractivity contribution in [1.82, 2.24) is 30.3 Å². The molecule has 0 spiro atoms. The summed E-state index contributed by atoms with van der Waals surface area (Å²) in [5.74, 6) is -0.595. The highest BCUT2D eigenvalue weighted by atomic mass is 32.1. The van der Waals surface area contributed by atoms with Gasteiger partial charge in [-0.1, -0.05) is 52.0 Å². The van der Waals surface area contributed by atoms with Crippen molar-refractivity contribution in [2.75, 3.05) is 92.1 Å². The lowest BCUT2D eigenvalue weighted by molar-refractivity contribution is -0.144. The first-order valence-electron chi connectivity index (χ1n) is 19.7. The third kappa shape index (κ3) is 14.5. The highest BCUT2D eigenvalue weighted by Gasteiger charge is 2.41. The van der Waals surface area contributed by atoms with Crippen LogP contribution >= 0.6 is 11.3 Å². The topological polar surface area (TPSA) is 152 Å². The second kappa shape index (κ2) is 22.9. The second-order valence-corrected chi connectivity index (χ2v) is 15.9. The van der Waals surface area contributed by atoms with Crippen LogP contribution in [0.5, 0.6) is 0 Å². The van der Waals surface area contributed by atoms with Crippen molar-refractivity contribution in [2.45, 2.75) is 78.9 Å². The molecule has 14 nitrogen and oxygen atoms in total. The summed E-state index contributed by atoms with van der Waals surface area (Å²) in [5.41, 5.74) is 4.31. The average Bonchev–Trinajstić information content (AvgIpc) is 3.85. The van der Waals surface area contributed by atoms with E-state index in [0.29, 0.717) is 72.2 Å². The van der Waals surface area contributed by atoms with Crippen LogP contribution in [0.2, 0.25) is 0 Å². The average molecular weight is 787 g/mol. The minimum absolute atomic E-state index is 0.0926. The SMILES string of the molecule is CCN1CCN(C(=O)CCOCCOCCOCCOCCC(=O)NC(C(=O)N2CCC[C@H]2C(=O)NCc2ccc(-c3scnc3C)cc2)C(C)(C)C)CC1. The number of likely N-dealkylation sites (tertiary alicyclic amines) is 1. The maximum Gasteiger partial charge on any atom is 0.246 e. The van der Waals surface area contributed by atoms with Gasteiger partial charge in [0.2, 0.25) is 23.6 Å². The second-order valence-electron chi connectivity index (χ2n) is 15.0. The predicted molar refractivity (Wildman–Crippen MR) is 211 cm³/mol. The Hall–Kier alpha value is -3.47. The number of ether oxygens (including phenoxy) is 4. The molecule has 2 saturated heterocycles. The van der Waals surface area contributed by atoms with Crippen molar-refractivity contribution in [1.29, 1.82) is 0 Å². The van der Waals surface area contributed by atoms with E-state index in [4.69, 9.17) is 18.9 Å². The summed E-state index contributed by atoms with van der Waals surface area (Å²) in [6.45, 7) is 18.0. The first-order valence-corrected chi connectivity index (χ1v) is 20.5. The number of carbonyl (C=O) groups is 4. The van der Waals surface area contributed by atoms with Crippen molar-refractivity contribution in [3.05, 3.63) is 41.0 Å². The summed E-state index contributed by atoms with van der Waals surface area (Å²) >= 11 is 1.60. The highest BCUT2D eigenvalue weighted by molar-refractivity contribution is 7.13. The molecule has 2 aliphatic rings. The number of hydrogen-bond acceptors (Lipinski definition) is 11. The molecule has 3 heterocycles. The van der Waals surface area contributed by atoms with Crippen LogP contribution in [0.4, 0.5) is 0 Å². The van der Waals surface area contributed by atoms with Crippen LogP contribution in [0.25, 0.3) is 10.4 Å². The maximum atomic E-state index is 13.8. The van der Waals surface area contributed by atoms with E-state index < -0.39 is 17.5 Å². The molecule has 2 atom stereocenters. The van der Waals surface area contributed by atoms with E-state index in [-0.39, 0.29) is 36.7 Å². The Labute approximate surface area is 330 Å². The van der Waals surface area contributed by atoms with Gasteiger partial charge in [0.15, 0.2) is 0 Å². The molecule has 15 heteroatoms. The van der Waals surface area contributed by atoms with Gasteiger partial charge in [0, 0.05) is 45.7 Å². The van der Waals surface area contributed by atoms with Gasteiger partial charge in [-0.3, -0.25) is 19.2 Å². The fourth-order valence-corrected chi connectivity index (χ4v) is 7.38. The quantitative estimate of drug-likeness (QED) is 0.170. The van der Waals surface area contributed by atoms with Crippen molar-refractivity contribution >= 4 is 35.0 Å². The Morgan fingerprint density at radius 2 is 1.45 bits per heavy atom. The third-order valence-corrected chi connectivity index (χ3v) is 10.9. The number of likely N-dealkylation sites (N-methyl/N-ethyl adjacent to an activating group) is 1. The zero-order valence-electron chi connectivity index (χ0n) is 33.4. The molecule has 55 heavy (non-hydrogen) atoms. The number of aryl methyl sites for hydroxylation is 1. The number of amides is 4. The molecule has 1 aromatic heterocycles. The zero-order valence-corrected chi connectivity index (χ0v) is 34.3. The Balaban J connectivity index is 1.04. The molecular weight excluding hydrogens is 725 g/mol. The summed E-state index contributed by atoms with van der Waals surface area (Å²) in [4.78, 5) is 63.7. The van der Waals surface area contributed by atoms with Gasteiger partial charge >= 0.3 is 0 Å². The zero-order chi connectivity index (χ0) is 39.6.